The lowest BCUT2D eigenvalue weighted by molar-refractivity contribution is -0.0919. The molecule has 0 aromatic heterocycles. The van der Waals surface area contributed by atoms with E-state index < -0.39 is 0 Å². The number of hydrogen-bond donors (Lipinski definition) is 1. The molecule has 1 aliphatic heterocycles. The Morgan fingerprint density at radius 2 is 2.05 bits per heavy atom. The molecule has 112 valence electrons. The first-order valence-electron chi connectivity index (χ1n) is 7.73. The van der Waals surface area contributed by atoms with Gasteiger partial charge in [-0.25, -0.2) is 0 Å². The minimum Gasteiger partial charge on any atom is -0.384 e. The summed E-state index contributed by atoms with van der Waals surface area (Å²) in [5.41, 5.74) is 6.27. The van der Waals surface area contributed by atoms with Gasteiger partial charge in [-0.05, 0) is 38.1 Å². The molecule has 2 rings (SSSR count). The molecule has 2 fully saturated rings. The molecular formula is C15H30N2O2. The van der Waals surface area contributed by atoms with Crippen molar-refractivity contribution in [2.45, 2.75) is 50.2 Å². The van der Waals surface area contributed by atoms with E-state index in [4.69, 9.17) is 15.2 Å². The Labute approximate surface area is 117 Å². The first-order valence-corrected chi connectivity index (χ1v) is 7.73. The first-order chi connectivity index (χ1) is 9.26. The zero-order valence-corrected chi connectivity index (χ0v) is 12.6. The van der Waals surface area contributed by atoms with Gasteiger partial charge in [-0.3, -0.25) is 4.90 Å². The van der Waals surface area contributed by atoms with E-state index in [-0.39, 0.29) is 5.54 Å². The average Bonchev–Trinajstić information content (AvgIpc) is 2.47. The van der Waals surface area contributed by atoms with Gasteiger partial charge < -0.3 is 15.2 Å². The number of likely N-dealkylation sites (tertiary alicyclic amines) is 1. The van der Waals surface area contributed by atoms with Crippen molar-refractivity contribution in [2.24, 2.45) is 11.7 Å². The standard InChI is InChI=1S/C15H30N2O2/c1-18-11-13-6-5-9-17(10-13)15(12-16)8-4-3-7-14(15)19-2/h13-14H,3-12,16H2,1-2H3. The Morgan fingerprint density at radius 1 is 1.21 bits per heavy atom. The third-order valence-corrected chi connectivity index (χ3v) is 5.11. The number of methoxy groups -OCH3 is 2. The molecular weight excluding hydrogens is 240 g/mol. The fourth-order valence-electron chi connectivity index (χ4n) is 4.09. The van der Waals surface area contributed by atoms with Crippen molar-refractivity contribution in [3.8, 4) is 0 Å². The Balaban J connectivity index is 2.10. The molecule has 2 aliphatic rings. The molecule has 4 nitrogen and oxygen atoms in total. The van der Waals surface area contributed by atoms with Crippen molar-refractivity contribution in [3.63, 3.8) is 0 Å². The SMILES string of the molecule is COCC1CCCN(C2(CN)CCCCC2OC)C1. The van der Waals surface area contributed by atoms with Gasteiger partial charge in [0.15, 0.2) is 0 Å². The highest BCUT2D eigenvalue weighted by atomic mass is 16.5. The Morgan fingerprint density at radius 3 is 2.74 bits per heavy atom. The molecule has 0 bridgehead atoms. The molecule has 4 heteroatoms. The van der Waals surface area contributed by atoms with E-state index >= 15 is 0 Å². The molecule has 3 unspecified atom stereocenters. The van der Waals surface area contributed by atoms with Crippen molar-refractivity contribution < 1.29 is 9.47 Å². The van der Waals surface area contributed by atoms with Crippen LogP contribution in [0, 0.1) is 5.92 Å². The molecule has 0 amide bonds. The lowest BCUT2D eigenvalue weighted by Crippen LogP contribution is -2.65. The van der Waals surface area contributed by atoms with Gasteiger partial charge in [-0.2, -0.15) is 0 Å². The number of rotatable bonds is 5. The second-order valence-corrected chi connectivity index (χ2v) is 6.19. The van der Waals surface area contributed by atoms with Gasteiger partial charge in [-0.1, -0.05) is 12.8 Å². The molecule has 3 atom stereocenters. The van der Waals surface area contributed by atoms with E-state index in [0.29, 0.717) is 18.6 Å². The van der Waals surface area contributed by atoms with Gasteiger partial charge in [-0.15, -0.1) is 0 Å². The number of nitrogens with two attached hydrogens (primary N) is 1. The number of hydrogen-bond acceptors (Lipinski definition) is 4. The molecule has 2 N–H and O–H groups in total. The highest BCUT2D eigenvalue weighted by molar-refractivity contribution is 5.02. The summed E-state index contributed by atoms with van der Waals surface area (Å²) in [4.78, 5) is 2.62. The normalized spacial score (nSPS) is 37.4. The average molecular weight is 270 g/mol. The minimum atomic E-state index is 0.0689. The molecule has 0 aromatic carbocycles. The van der Waals surface area contributed by atoms with Crippen LogP contribution in [0.4, 0.5) is 0 Å². The van der Waals surface area contributed by atoms with Crippen LogP contribution in [-0.4, -0.2) is 57.0 Å². The number of ether oxygens (including phenoxy) is 2. The molecule has 0 aromatic rings. The van der Waals surface area contributed by atoms with Gasteiger partial charge in [0.25, 0.3) is 0 Å². The summed E-state index contributed by atoms with van der Waals surface area (Å²) in [5.74, 6) is 0.654. The Hall–Kier alpha value is -0.160. The van der Waals surface area contributed by atoms with E-state index in [1.165, 1.54) is 32.1 Å². The quantitative estimate of drug-likeness (QED) is 0.825. The van der Waals surface area contributed by atoms with Crippen molar-refractivity contribution >= 4 is 0 Å². The first kappa shape index (κ1) is 15.2. The summed E-state index contributed by atoms with van der Waals surface area (Å²) < 4.78 is 11.1. The second kappa shape index (κ2) is 7.02. The molecule has 0 spiro atoms. The van der Waals surface area contributed by atoms with Crippen molar-refractivity contribution in [1.82, 2.24) is 4.90 Å². The maximum absolute atomic E-state index is 6.20. The fraction of sp³-hybridized carbons (Fsp3) is 1.00. The van der Waals surface area contributed by atoms with Gasteiger partial charge in [0.05, 0.1) is 18.2 Å². The van der Waals surface area contributed by atoms with Crippen LogP contribution in [0.25, 0.3) is 0 Å². The predicted octanol–water partition coefficient (Wildman–Crippen LogP) is 1.63. The topological polar surface area (TPSA) is 47.7 Å². The van der Waals surface area contributed by atoms with Crippen LogP contribution in [0.5, 0.6) is 0 Å². The fourth-order valence-corrected chi connectivity index (χ4v) is 4.09. The monoisotopic (exact) mass is 270 g/mol. The predicted molar refractivity (Wildman–Crippen MR) is 77.2 cm³/mol. The van der Waals surface area contributed by atoms with Crippen LogP contribution < -0.4 is 5.73 Å². The van der Waals surface area contributed by atoms with Gasteiger partial charge in [0.1, 0.15) is 0 Å². The van der Waals surface area contributed by atoms with E-state index in [1.807, 2.05) is 7.11 Å². The maximum atomic E-state index is 6.20. The summed E-state index contributed by atoms with van der Waals surface area (Å²) in [7, 11) is 3.65. The Kier molecular flexibility index (Phi) is 5.63. The van der Waals surface area contributed by atoms with Crippen LogP contribution in [0.1, 0.15) is 38.5 Å². The minimum absolute atomic E-state index is 0.0689. The van der Waals surface area contributed by atoms with Crippen LogP contribution in [0.3, 0.4) is 0 Å². The van der Waals surface area contributed by atoms with Crippen LogP contribution in [-0.2, 0) is 9.47 Å². The van der Waals surface area contributed by atoms with Crippen LogP contribution >= 0.6 is 0 Å². The summed E-state index contributed by atoms with van der Waals surface area (Å²) >= 11 is 0. The summed E-state index contributed by atoms with van der Waals surface area (Å²) in [6.45, 7) is 3.86. The largest absolute Gasteiger partial charge is 0.384 e. The van der Waals surface area contributed by atoms with Gasteiger partial charge in [0, 0.05) is 27.3 Å². The Bertz CT molecular complexity index is 273. The van der Waals surface area contributed by atoms with E-state index in [1.54, 1.807) is 7.11 Å². The van der Waals surface area contributed by atoms with Gasteiger partial charge >= 0.3 is 0 Å². The van der Waals surface area contributed by atoms with E-state index in [2.05, 4.69) is 4.90 Å². The molecule has 1 saturated carbocycles. The zero-order chi connectivity index (χ0) is 13.7. The lowest BCUT2D eigenvalue weighted by Gasteiger charge is -2.52. The zero-order valence-electron chi connectivity index (χ0n) is 12.6. The highest BCUT2D eigenvalue weighted by Gasteiger charge is 2.45. The summed E-state index contributed by atoms with van der Waals surface area (Å²) in [5, 5.41) is 0. The molecule has 0 radical (unpaired) electrons. The molecule has 19 heavy (non-hydrogen) atoms. The molecule has 1 saturated heterocycles. The van der Waals surface area contributed by atoms with Gasteiger partial charge in [0.2, 0.25) is 0 Å². The lowest BCUT2D eigenvalue weighted by atomic mass is 9.76. The number of nitrogens with zero attached hydrogens (tertiary/aromatic N) is 1. The van der Waals surface area contributed by atoms with Crippen LogP contribution in [0.2, 0.25) is 0 Å². The molecule has 1 heterocycles. The van der Waals surface area contributed by atoms with Crippen molar-refractivity contribution in [3.05, 3.63) is 0 Å². The van der Waals surface area contributed by atoms with Crippen molar-refractivity contribution in [2.75, 3.05) is 40.5 Å². The number of piperidine rings is 1. The van der Waals surface area contributed by atoms with Crippen LogP contribution in [0.15, 0.2) is 0 Å². The summed E-state index contributed by atoms with van der Waals surface area (Å²) in [6, 6.07) is 0. The third kappa shape index (κ3) is 3.13. The second-order valence-electron chi connectivity index (χ2n) is 6.19. The smallest absolute Gasteiger partial charge is 0.0767 e. The molecule has 1 aliphatic carbocycles. The van der Waals surface area contributed by atoms with E-state index in [9.17, 15) is 0 Å². The van der Waals surface area contributed by atoms with Crippen molar-refractivity contribution in [1.29, 1.82) is 0 Å². The van der Waals surface area contributed by atoms with E-state index in [0.717, 1.165) is 26.1 Å². The summed E-state index contributed by atoms with van der Waals surface area (Å²) in [6.07, 6.45) is 7.72. The maximum Gasteiger partial charge on any atom is 0.0767 e. The third-order valence-electron chi connectivity index (χ3n) is 5.11. The highest BCUT2D eigenvalue weighted by Crippen LogP contribution is 2.37.